The van der Waals surface area contributed by atoms with Crippen molar-refractivity contribution in [2.45, 2.75) is 26.8 Å². The number of likely N-dealkylation sites (N-methyl/N-ethyl adjacent to an activating group) is 1. The second kappa shape index (κ2) is 10.1. The van der Waals surface area contributed by atoms with E-state index in [1.807, 2.05) is 20.8 Å². The fraction of sp³-hybridized carbons (Fsp3) is 0.812. The van der Waals surface area contributed by atoms with Crippen LogP contribution in [0, 0.1) is 0 Å². The third kappa shape index (κ3) is 7.16. The molecule has 1 aliphatic rings. The van der Waals surface area contributed by atoms with E-state index >= 15 is 0 Å². The van der Waals surface area contributed by atoms with Crippen LogP contribution in [0.1, 0.15) is 20.8 Å². The fourth-order valence-corrected chi connectivity index (χ4v) is 2.40. The maximum absolute atomic E-state index is 11.8. The van der Waals surface area contributed by atoms with Crippen molar-refractivity contribution >= 4 is 17.8 Å². The van der Waals surface area contributed by atoms with Crippen LogP contribution in [0.2, 0.25) is 0 Å². The number of piperazine rings is 1. The van der Waals surface area contributed by atoms with Crippen LogP contribution in [0.4, 0.5) is 0 Å². The van der Waals surface area contributed by atoms with Crippen molar-refractivity contribution in [2.24, 2.45) is 4.99 Å². The minimum absolute atomic E-state index is 0.0191. The number of carbonyl (C=O) groups is 2. The molecule has 8 heteroatoms. The van der Waals surface area contributed by atoms with Crippen molar-refractivity contribution in [3.63, 3.8) is 0 Å². The van der Waals surface area contributed by atoms with Crippen LogP contribution in [0.3, 0.4) is 0 Å². The monoisotopic (exact) mass is 340 g/mol. The van der Waals surface area contributed by atoms with Crippen molar-refractivity contribution in [1.82, 2.24) is 25.3 Å². The molecule has 2 N–H and O–H groups in total. The molecule has 1 fully saturated rings. The van der Waals surface area contributed by atoms with Gasteiger partial charge in [-0.25, -0.2) is 4.99 Å². The first-order valence-electron chi connectivity index (χ1n) is 8.58. The Hall–Kier alpha value is -1.83. The second-order valence-electron chi connectivity index (χ2n) is 6.44. The van der Waals surface area contributed by atoms with E-state index in [1.54, 1.807) is 19.0 Å². The van der Waals surface area contributed by atoms with Crippen LogP contribution >= 0.6 is 0 Å². The molecule has 0 aromatic heterocycles. The smallest absolute Gasteiger partial charge is 0.243 e. The molecule has 0 aromatic rings. The van der Waals surface area contributed by atoms with Crippen LogP contribution in [-0.2, 0) is 9.59 Å². The van der Waals surface area contributed by atoms with E-state index in [-0.39, 0.29) is 24.4 Å². The average Bonchev–Trinajstić information content (AvgIpc) is 2.51. The predicted molar refractivity (Wildman–Crippen MR) is 96.0 cm³/mol. The molecule has 0 unspecified atom stereocenters. The van der Waals surface area contributed by atoms with E-state index in [1.165, 1.54) is 0 Å². The Morgan fingerprint density at radius 1 is 1.17 bits per heavy atom. The summed E-state index contributed by atoms with van der Waals surface area (Å²) < 4.78 is 0. The zero-order valence-corrected chi connectivity index (χ0v) is 15.6. The van der Waals surface area contributed by atoms with E-state index < -0.39 is 0 Å². The lowest BCUT2D eigenvalue weighted by Gasteiger charge is -2.36. The number of hydrogen-bond donors (Lipinski definition) is 2. The number of guanidine groups is 1. The summed E-state index contributed by atoms with van der Waals surface area (Å²) in [6.07, 6.45) is 0. The van der Waals surface area contributed by atoms with Gasteiger partial charge in [-0.1, -0.05) is 0 Å². The second-order valence-corrected chi connectivity index (χ2v) is 6.44. The van der Waals surface area contributed by atoms with Gasteiger partial charge in [0.05, 0.1) is 6.54 Å². The molecule has 1 rings (SSSR count). The van der Waals surface area contributed by atoms with Crippen molar-refractivity contribution in [2.75, 3.05) is 59.9 Å². The molecule has 0 radical (unpaired) electrons. The highest BCUT2D eigenvalue weighted by Gasteiger charge is 2.21. The van der Waals surface area contributed by atoms with Crippen molar-refractivity contribution in [3.05, 3.63) is 0 Å². The lowest BCUT2D eigenvalue weighted by atomic mass is 10.3. The van der Waals surface area contributed by atoms with Gasteiger partial charge in [0, 0.05) is 52.9 Å². The van der Waals surface area contributed by atoms with E-state index in [0.29, 0.717) is 6.54 Å². The largest absolute Gasteiger partial charge is 0.357 e. The van der Waals surface area contributed by atoms with Crippen LogP contribution in [-0.4, -0.2) is 98.4 Å². The summed E-state index contributed by atoms with van der Waals surface area (Å²) in [6.45, 7) is 10.4. The summed E-state index contributed by atoms with van der Waals surface area (Å²) in [7, 11) is 3.46. The first kappa shape index (κ1) is 20.2. The molecule has 24 heavy (non-hydrogen) atoms. The minimum atomic E-state index is -0.0191. The Morgan fingerprint density at radius 3 is 2.29 bits per heavy atom. The molecule has 0 atom stereocenters. The zero-order chi connectivity index (χ0) is 18.1. The maximum Gasteiger partial charge on any atom is 0.243 e. The topological polar surface area (TPSA) is 80.3 Å². The Bertz CT molecular complexity index is 442. The van der Waals surface area contributed by atoms with Gasteiger partial charge in [-0.3, -0.25) is 14.5 Å². The summed E-state index contributed by atoms with van der Waals surface area (Å²) in [4.78, 5) is 33.8. The lowest BCUT2D eigenvalue weighted by molar-refractivity contribution is -0.127. The van der Waals surface area contributed by atoms with Crippen molar-refractivity contribution < 1.29 is 9.59 Å². The summed E-state index contributed by atoms with van der Waals surface area (Å²) in [5.74, 6) is 0.809. The van der Waals surface area contributed by atoms with Crippen LogP contribution in [0.25, 0.3) is 0 Å². The Kier molecular flexibility index (Phi) is 8.53. The number of nitrogens with zero attached hydrogens (tertiary/aromatic N) is 4. The Labute approximate surface area is 145 Å². The minimum Gasteiger partial charge on any atom is -0.357 e. The summed E-state index contributed by atoms with van der Waals surface area (Å²) in [5.41, 5.74) is 0. The van der Waals surface area contributed by atoms with Gasteiger partial charge >= 0.3 is 0 Å². The summed E-state index contributed by atoms with van der Waals surface area (Å²) in [6, 6.07) is 0.167. The molecular weight excluding hydrogens is 308 g/mol. The summed E-state index contributed by atoms with van der Waals surface area (Å²) in [5, 5.41) is 6.15. The number of aliphatic imine (C=N–C) groups is 1. The average molecular weight is 340 g/mol. The molecule has 0 saturated carbocycles. The molecule has 0 aliphatic carbocycles. The van der Waals surface area contributed by atoms with Crippen LogP contribution < -0.4 is 10.6 Å². The van der Waals surface area contributed by atoms with Gasteiger partial charge < -0.3 is 20.4 Å². The van der Waals surface area contributed by atoms with E-state index in [9.17, 15) is 9.59 Å². The molecule has 2 amide bonds. The SMILES string of the molecule is CCNC(=NCC(=O)N(C)C)N1CCN(CC(=O)NC(C)C)CC1. The Morgan fingerprint density at radius 2 is 1.79 bits per heavy atom. The maximum atomic E-state index is 11.8. The van der Waals surface area contributed by atoms with Gasteiger partial charge in [0.2, 0.25) is 11.8 Å². The van der Waals surface area contributed by atoms with Gasteiger partial charge in [0.15, 0.2) is 5.96 Å². The number of hydrogen-bond acceptors (Lipinski definition) is 4. The molecule has 1 saturated heterocycles. The molecular formula is C16H32N6O2. The number of carbonyl (C=O) groups excluding carboxylic acids is 2. The molecule has 0 spiro atoms. The first-order valence-corrected chi connectivity index (χ1v) is 8.58. The van der Waals surface area contributed by atoms with Gasteiger partial charge in [0.1, 0.15) is 6.54 Å². The third-order valence-electron chi connectivity index (χ3n) is 3.69. The highest BCUT2D eigenvalue weighted by Crippen LogP contribution is 2.02. The molecule has 1 heterocycles. The highest BCUT2D eigenvalue weighted by atomic mass is 16.2. The zero-order valence-electron chi connectivity index (χ0n) is 15.6. The predicted octanol–water partition coefficient (Wildman–Crippen LogP) is -0.818. The standard InChI is InChI=1S/C16H32N6O2/c1-6-17-16(18-11-15(24)20(4)5)22-9-7-21(8-10-22)12-14(23)19-13(2)3/h13H,6-12H2,1-5H3,(H,17,18)(H,19,23). The molecule has 138 valence electrons. The molecule has 8 nitrogen and oxygen atoms in total. The number of rotatable bonds is 6. The van der Waals surface area contributed by atoms with E-state index in [4.69, 9.17) is 0 Å². The Balaban J connectivity index is 2.51. The first-order chi connectivity index (χ1) is 11.3. The number of nitrogens with one attached hydrogen (secondary N) is 2. The van der Waals surface area contributed by atoms with Crippen LogP contribution in [0.5, 0.6) is 0 Å². The molecule has 0 bridgehead atoms. The normalized spacial score (nSPS) is 16.2. The van der Waals surface area contributed by atoms with E-state index in [0.717, 1.165) is 38.7 Å². The van der Waals surface area contributed by atoms with E-state index in [2.05, 4.69) is 25.4 Å². The summed E-state index contributed by atoms with van der Waals surface area (Å²) >= 11 is 0. The van der Waals surface area contributed by atoms with Crippen molar-refractivity contribution in [1.29, 1.82) is 0 Å². The third-order valence-corrected chi connectivity index (χ3v) is 3.69. The molecule has 1 aliphatic heterocycles. The van der Waals surface area contributed by atoms with Crippen LogP contribution in [0.15, 0.2) is 4.99 Å². The van der Waals surface area contributed by atoms with Crippen molar-refractivity contribution in [3.8, 4) is 0 Å². The molecule has 0 aromatic carbocycles. The van der Waals surface area contributed by atoms with Gasteiger partial charge in [0.25, 0.3) is 0 Å². The van der Waals surface area contributed by atoms with Gasteiger partial charge in [-0.2, -0.15) is 0 Å². The lowest BCUT2D eigenvalue weighted by Crippen LogP contribution is -2.54. The van der Waals surface area contributed by atoms with Gasteiger partial charge in [-0.05, 0) is 20.8 Å². The quantitative estimate of drug-likeness (QED) is 0.488. The highest BCUT2D eigenvalue weighted by molar-refractivity contribution is 5.85. The van der Waals surface area contributed by atoms with Gasteiger partial charge in [-0.15, -0.1) is 0 Å². The fourth-order valence-electron chi connectivity index (χ4n) is 2.40. The number of amides is 2.